The molecule has 3 aromatic rings. The van der Waals surface area contributed by atoms with Crippen molar-refractivity contribution in [3.63, 3.8) is 0 Å². The van der Waals surface area contributed by atoms with E-state index in [2.05, 4.69) is 55.4 Å². The zero-order valence-corrected chi connectivity index (χ0v) is 13.3. The van der Waals surface area contributed by atoms with Gasteiger partial charge < -0.3 is 10.2 Å². The Hall–Kier alpha value is -1.73. The maximum atomic E-state index is 4.86. The first kappa shape index (κ1) is 13.0. The molecule has 1 aromatic carbocycles. The summed E-state index contributed by atoms with van der Waals surface area (Å²) in [4.78, 5) is 7.13. The van der Waals surface area contributed by atoms with Crippen LogP contribution in [0.5, 0.6) is 0 Å². The number of nitrogens with zero attached hydrogens (tertiary/aromatic N) is 5. The molecule has 0 atom stereocenters. The molecule has 1 fully saturated rings. The summed E-state index contributed by atoms with van der Waals surface area (Å²) in [7, 11) is 0. The summed E-state index contributed by atoms with van der Waals surface area (Å²) in [6, 6.07) is 4.18. The molecule has 0 bridgehead atoms. The number of nitrogens with one attached hydrogen (secondary N) is 1. The largest absolute Gasteiger partial charge is 0.351 e. The molecule has 0 saturated carbocycles. The number of halogens is 1. The lowest BCUT2D eigenvalue weighted by Gasteiger charge is -2.28. The van der Waals surface area contributed by atoms with Gasteiger partial charge in [-0.25, -0.2) is 4.98 Å². The summed E-state index contributed by atoms with van der Waals surface area (Å²) in [5.41, 5.74) is 3.98. The topological polar surface area (TPSA) is 58.4 Å². The molecule has 2 aromatic heterocycles. The highest BCUT2D eigenvalue weighted by molar-refractivity contribution is 9.10. The number of aromatic nitrogens is 4. The molecule has 1 saturated heterocycles. The van der Waals surface area contributed by atoms with Gasteiger partial charge in [-0.3, -0.25) is 4.40 Å². The Morgan fingerprint density at radius 2 is 2.05 bits per heavy atom. The van der Waals surface area contributed by atoms with Crippen LogP contribution in [0.15, 0.2) is 22.9 Å². The van der Waals surface area contributed by atoms with Crippen LogP contribution < -0.4 is 10.2 Å². The standard InChI is InChI=1S/C14H15BrN6/c1-9-6-11-12(7-10(9)15)21-8-17-19-14(21)13(18-11)20-4-2-16-3-5-20/h6-8,16H,2-5H2,1H3. The molecule has 0 radical (unpaired) electrons. The fraction of sp³-hybridized carbons (Fsp3) is 0.357. The molecule has 0 unspecified atom stereocenters. The van der Waals surface area contributed by atoms with Crippen molar-refractivity contribution in [3.05, 3.63) is 28.5 Å². The van der Waals surface area contributed by atoms with Crippen molar-refractivity contribution in [3.8, 4) is 0 Å². The van der Waals surface area contributed by atoms with Gasteiger partial charge in [0.1, 0.15) is 6.33 Å². The average molecular weight is 347 g/mol. The van der Waals surface area contributed by atoms with Crippen LogP contribution in [0.3, 0.4) is 0 Å². The number of rotatable bonds is 1. The van der Waals surface area contributed by atoms with E-state index in [1.54, 1.807) is 6.33 Å². The van der Waals surface area contributed by atoms with Crippen molar-refractivity contribution in [2.45, 2.75) is 6.92 Å². The first-order valence-corrected chi connectivity index (χ1v) is 7.78. The van der Waals surface area contributed by atoms with Gasteiger partial charge in [0.2, 0.25) is 5.65 Å². The van der Waals surface area contributed by atoms with Gasteiger partial charge in [-0.05, 0) is 24.6 Å². The minimum absolute atomic E-state index is 0.820. The molecule has 0 amide bonds. The third-order valence-corrected chi connectivity index (χ3v) is 4.76. The van der Waals surface area contributed by atoms with E-state index in [-0.39, 0.29) is 0 Å². The molecular weight excluding hydrogens is 332 g/mol. The summed E-state index contributed by atoms with van der Waals surface area (Å²) in [5.74, 6) is 0.920. The Balaban J connectivity index is 2.00. The van der Waals surface area contributed by atoms with Crippen LogP contribution in [-0.2, 0) is 0 Å². The SMILES string of the molecule is Cc1cc2nc(N3CCNCC3)c3nncn3c2cc1Br. The first-order chi connectivity index (χ1) is 10.2. The monoisotopic (exact) mass is 346 g/mol. The lowest BCUT2D eigenvalue weighted by atomic mass is 10.2. The predicted octanol–water partition coefficient (Wildman–Crippen LogP) is 1.76. The van der Waals surface area contributed by atoms with Crippen molar-refractivity contribution in [2.75, 3.05) is 31.1 Å². The molecule has 7 heteroatoms. The van der Waals surface area contributed by atoms with E-state index in [9.17, 15) is 0 Å². The van der Waals surface area contributed by atoms with Crippen LogP contribution >= 0.6 is 15.9 Å². The minimum Gasteiger partial charge on any atom is -0.351 e. The van der Waals surface area contributed by atoms with Gasteiger partial charge in [-0.1, -0.05) is 15.9 Å². The number of hydrogen-bond donors (Lipinski definition) is 1. The normalized spacial score (nSPS) is 16.0. The summed E-state index contributed by atoms with van der Waals surface area (Å²) in [6.07, 6.45) is 1.76. The number of benzene rings is 1. The summed E-state index contributed by atoms with van der Waals surface area (Å²) in [5, 5.41) is 11.7. The molecule has 1 aliphatic rings. The Morgan fingerprint density at radius 3 is 2.86 bits per heavy atom. The van der Waals surface area contributed by atoms with Gasteiger partial charge >= 0.3 is 0 Å². The van der Waals surface area contributed by atoms with E-state index < -0.39 is 0 Å². The molecule has 1 aliphatic heterocycles. The molecule has 0 aliphatic carbocycles. The van der Waals surface area contributed by atoms with E-state index in [1.165, 1.54) is 5.56 Å². The number of anilines is 1. The van der Waals surface area contributed by atoms with Crippen molar-refractivity contribution < 1.29 is 0 Å². The van der Waals surface area contributed by atoms with Gasteiger partial charge in [-0.15, -0.1) is 10.2 Å². The highest BCUT2D eigenvalue weighted by Crippen LogP contribution is 2.27. The molecule has 21 heavy (non-hydrogen) atoms. The Bertz CT molecular complexity index is 821. The minimum atomic E-state index is 0.820. The molecule has 0 spiro atoms. The average Bonchev–Trinajstić information content (AvgIpc) is 2.99. The fourth-order valence-corrected chi connectivity index (χ4v) is 3.09. The number of hydrogen-bond acceptors (Lipinski definition) is 5. The summed E-state index contributed by atoms with van der Waals surface area (Å²) >= 11 is 3.58. The van der Waals surface area contributed by atoms with Crippen LogP contribution in [0, 0.1) is 6.92 Å². The second-order valence-corrected chi connectivity index (χ2v) is 6.14. The third-order valence-electron chi connectivity index (χ3n) is 3.91. The second kappa shape index (κ2) is 4.92. The number of fused-ring (bicyclic) bond motifs is 3. The fourth-order valence-electron chi connectivity index (χ4n) is 2.75. The Kier molecular flexibility index (Phi) is 3.04. The summed E-state index contributed by atoms with van der Waals surface area (Å²) < 4.78 is 3.09. The third kappa shape index (κ3) is 2.08. The van der Waals surface area contributed by atoms with E-state index in [4.69, 9.17) is 4.98 Å². The second-order valence-electron chi connectivity index (χ2n) is 5.29. The van der Waals surface area contributed by atoms with Gasteiger partial charge in [0.05, 0.1) is 11.0 Å². The van der Waals surface area contributed by atoms with Crippen molar-refractivity contribution in [1.29, 1.82) is 0 Å². The van der Waals surface area contributed by atoms with Crippen LogP contribution in [0.1, 0.15) is 5.56 Å². The zero-order valence-electron chi connectivity index (χ0n) is 11.7. The highest BCUT2D eigenvalue weighted by Gasteiger charge is 2.18. The summed E-state index contributed by atoms with van der Waals surface area (Å²) in [6.45, 7) is 5.90. The maximum Gasteiger partial charge on any atom is 0.204 e. The van der Waals surface area contributed by atoms with Crippen LogP contribution in [-0.4, -0.2) is 45.8 Å². The molecule has 108 valence electrons. The van der Waals surface area contributed by atoms with Gasteiger partial charge in [0.15, 0.2) is 5.82 Å². The molecule has 3 heterocycles. The van der Waals surface area contributed by atoms with Crippen molar-refractivity contribution >= 4 is 38.4 Å². The van der Waals surface area contributed by atoms with Crippen LogP contribution in [0.4, 0.5) is 5.82 Å². The van der Waals surface area contributed by atoms with E-state index in [1.807, 2.05) is 4.40 Å². The highest BCUT2D eigenvalue weighted by atomic mass is 79.9. The lowest BCUT2D eigenvalue weighted by molar-refractivity contribution is 0.586. The molecule has 4 rings (SSSR count). The molecular formula is C14H15BrN6. The lowest BCUT2D eigenvalue weighted by Crippen LogP contribution is -2.44. The van der Waals surface area contributed by atoms with Gasteiger partial charge in [0, 0.05) is 30.7 Å². The van der Waals surface area contributed by atoms with Crippen molar-refractivity contribution in [2.24, 2.45) is 0 Å². The first-order valence-electron chi connectivity index (χ1n) is 6.99. The van der Waals surface area contributed by atoms with E-state index in [0.29, 0.717) is 0 Å². The maximum absolute atomic E-state index is 4.86. The van der Waals surface area contributed by atoms with Crippen molar-refractivity contribution in [1.82, 2.24) is 24.9 Å². The quantitative estimate of drug-likeness (QED) is 0.727. The van der Waals surface area contributed by atoms with Gasteiger partial charge in [-0.2, -0.15) is 0 Å². The predicted molar refractivity (Wildman–Crippen MR) is 85.8 cm³/mol. The zero-order chi connectivity index (χ0) is 14.4. The van der Waals surface area contributed by atoms with E-state index in [0.717, 1.165) is 53.2 Å². The van der Waals surface area contributed by atoms with Crippen LogP contribution in [0.2, 0.25) is 0 Å². The smallest absolute Gasteiger partial charge is 0.204 e. The Morgan fingerprint density at radius 1 is 1.24 bits per heavy atom. The molecule has 6 nitrogen and oxygen atoms in total. The van der Waals surface area contributed by atoms with E-state index >= 15 is 0 Å². The molecule has 1 N–H and O–H groups in total. The number of piperazine rings is 1. The number of aryl methyl sites for hydroxylation is 1. The Labute approximate surface area is 130 Å². The van der Waals surface area contributed by atoms with Crippen LogP contribution in [0.25, 0.3) is 16.7 Å². The van der Waals surface area contributed by atoms with Gasteiger partial charge in [0.25, 0.3) is 0 Å².